The van der Waals surface area contributed by atoms with Gasteiger partial charge in [-0.05, 0) is 64.6 Å². The molecule has 1 aromatic carbocycles. The molecule has 12 heteroatoms. The number of allylic oxidation sites excluding steroid dienone is 1. The first-order valence-electron chi connectivity index (χ1n) is 14.0. The lowest BCUT2D eigenvalue weighted by Crippen LogP contribution is -2.47. The maximum Gasteiger partial charge on any atom is 0.421 e. The predicted octanol–water partition coefficient (Wildman–Crippen LogP) is 4.33. The fraction of sp³-hybridized carbons (Fsp3) is 0.500. The van der Waals surface area contributed by atoms with Gasteiger partial charge in [-0.3, -0.25) is 14.6 Å². The van der Waals surface area contributed by atoms with E-state index in [-0.39, 0.29) is 24.5 Å². The average Bonchev–Trinajstić information content (AvgIpc) is 3.42. The molecule has 1 saturated heterocycles. The number of amidine groups is 1. The highest BCUT2D eigenvalue weighted by Gasteiger charge is 2.40. The molecular weight excluding hydrogens is 547 g/mol. The molecule has 228 valence electrons. The van der Waals surface area contributed by atoms with Crippen molar-refractivity contribution >= 4 is 30.1 Å². The summed E-state index contributed by atoms with van der Waals surface area (Å²) >= 11 is 0. The second kappa shape index (κ2) is 14.7. The van der Waals surface area contributed by atoms with E-state index in [4.69, 9.17) is 0 Å². The Morgan fingerprint density at radius 3 is 2.33 bits per heavy atom. The molecule has 2 unspecified atom stereocenters. The van der Waals surface area contributed by atoms with Gasteiger partial charge in [0.05, 0.1) is 11.6 Å². The summed E-state index contributed by atoms with van der Waals surface area (Å²) in [6, 6.07) is 6.13. The normalized spacial score (nSPS) is 19.8. The number of carbonyl (C=O) groups excluding carboxylic acids is 2. The van der Waals surface area contributed by atoms with Crippen LogP contribution >= 0.6 is 0 Å². The molecular formula is C30H40F3N7O2. The third-order valence-corrected chi connectivity index (χ3v) is 7.34. The minimum Gasteiger partial charge on any atom is -0.366 e. The molecule has 1 aromatic rings. The number of hydrogen-bond acceptors (Lipinski definition) is 6. The second-order valence-electron chi connectivity index (χ2n) is 10.6. The van der Waals surface area contributed by atoms with E-state index in [1.807, 2.05) is 20.8 Å². The van der Waals surface area contributed by atoms with Gasteiger partial charge in [-0.1, -0.05) is 13.0 Å². The Kier molecular flexibility index (Phi) is 11.4. The highest BCUT2D eigenvalue weighted by Crippen LogP contribution is 2.30. The van der Waals surface area contributed by atoms with E-state index in [0.29, 0.717) is 62.9 Å². The van der Waals surface area contributed by atoms with E-state index in [0.717, 1.165) is 5.70 Å². The van der Waals surface area contributed by atoms with Crippen LogP contribution in [-0.4, -0.2) is 85.3 Å². The van der Waals surface area contributed by atoms with Gasteiger partial charge in [0, 0.05) is 55.7 Å². The van der Waals surface area contributed by atoms with Gasteiger partial charge in [0.1, 0.15) is 18.1 Å². The molecule has 2 fully saturated rings. The molecule has 1 heterocycles. The molecule has 0 aromatic heterocycles. The smallest absolute Gasteiger partial charge is 0.366 e. The summed E-state index contributed by atoms with van der Waals surface area (Å²) < 4.78 is 41.8. The van der Waals surface area contributed by atoms with Crippen LogP contribution in [0.1, 0.15) is 50.4 Å². The van der Waals surface area contributed by atoms with E-state index >= 15 is 0 Å². The van der Waals surface area contributed by atoms with Crippen molar-refractivity contribution in [2.24, 2.45) is 15.9 Å². The van der Waals surface area contributed by atoms with Crippen LogP contribution in [0.2, 0.25) is 0 Å². The first kappa shape index (κ1) is 32.5. The van der Waals surface area contributed by atoms with Crippen molar-refractivity contribution in [1.82, 2.24) is 20.4 Å². The Balaban J connectivity index is 1.69. The molecule has 2 amide bonds. The standard InChI is InChI=1S/C30H40F3N7O2/c1-6-21(4)39-14-16-40(17-15-39)29(42)22-10-12-23(13-11-22)35-19-36-27(25(18-34-5)30(31,32)33)38-26-9-7-8-24(26)28(41)37-20(2)3/h10-13,18,20,24,26,35H,1,5,7-9,14-17,19H2,2-4H3,(H,36,38)(H,37,41)/b25-18+. The summed E-state index contributed by atoms with van der Waals surface area (Å²) in [6.07, 6.45) is -2.31. The number of anilines is 1. The summed E-state index contributed by atoms with van der Waals surface area (Å²) in [4.78, 5) is 37.1. The average molecular weight is 588 g/mol. The number of nitrogens with zero attached hydrogens (tertiary/aromatic N) is 4. The summed E-state index contributed by atoms with van der Waals surface area (Å²) in [7, 11) is 0. The number of amides is 2. The number of alkyl halides is 3. The molecule has 3 N–H and O–H groups in total. The maximum atomic E-state index is 13.9. The van der Waals surface area contributed by atoms with Crippen LogP contribution < -0.4 is 16.0 Å². The first-order chi connectivity index (χ1) is 19.9. The molecule has 1 saturated carbocycles. The fourth-order valence-corrected chi connectivity index (χ4v) is 5.06. The number of aliphatic imine (C=N–C) groups is 2. The van der Waals surface area contributed by atoms with Crippen molar-refractivity contribution in [3.63, 3.8) is 0 Å². The Bertz CT molecular complexity index is 1230. The number of rotatable bonds is 10. The zero-order chi connectivity index (χ0) is 30.9. The Morgan fingerprint density at radius 2 is 1.76 bits per heavy atom. The lowest BCUT2D eigenvalue weighted by atomic mass is 10.0. The highest BCUT2D eigenvalue weighted by atomic mass is 19.4. The summed E-state index contributed by atoms with van der Waals surface area (Å²) in [6.45, 7) is 14.8. The molecule has 9 nitrogen and oxygen atoms in total. The van der Waals surface area contributed by atoms with E-state index in [9.17, 15) is 22.8 Å². The lowest BCUT2D eigenvalue weighted by Gasteiger charge is -2.35. The van der Waals surface area contributed by atoms with Crippen LogP contribution in [0.25, 0.3) is 0 Å². The molecule has 0 bridgehead atoms. The number of benzene rings is 1. The number of hydrogen-bond donors (Lipinski definition) is 3. The van der Waals surface area contributed by atoms with Crippen molar-refractivity contribution < 1.29 is 22.8 Å². The Morgan fingerprint density at radius 1 is 1.12 bits per heavy atom. The minimum atomic E-state index is -4.74. The quantitative estimate of drug-likeness (QED) is 0.215. The van der Waals surface area contributed by atoms with Gasteiger partial charge in [0.15, 0.2) is 0 Å². The van der Waals surface area contributed by atoms with Crippen LogP contribution in [0, 0.1) is 5.92 Å². The van der Waals surface area contributed by atoms with Gasteiger partial charge in [-0.2, -0.15) is 13.2 Å². The van der Waals surface area contributed by atoms with Gasteiger partial charge in [-0.25, -0.2) is 4.99 Å². The van der Waals surface area contributed by atoms with Crippen molar-refractivity contribution in [2.45, 2.75) is 58.3 Å². The SMILES string of the molecule is C=C=C(C)N1CCN(C(=O)c2ccc(NC/N=C(NC3CCCC3C(=O)NC(C)C)\C(=C/N=C)C(F)(F)F)cc2)CC1. The molecule has 2 atom stereocenters. The number of carbonyl (C=O) groups is 2. The predicted molar refractivity (Wildman–Crippen MR) is 159 cm³/mol. The van der Waals surface area contributed by atoms with E-state index in [2.05, 4.69) is 49.9 Å². The van der Waals surface area contributed by atoms with Gasteiger partial charge >= 0.3 is 6.18 Å². The summed E-state index contributed by atoms with van der Waals surface area (Å²) in [5, 5.41) is 8.71. The monoisotopic (exact) mass is 587 g/mol. The zero-order valence-electron chi connectivity index (χ0n) is 24.4. The largest absolute Gasteiger partial charge is 0.421 e. The van der Waals surface area contributed by atoms with Crippen LogP contribution in [0.3, 0.4) is 0 Å². The summed E-state index contributed by atoms with van der Waals surface area (Å²) in [5.74, 6) is -1.18. The van der Waals surface area contributed by atoms with E-state index < -0.39 is 29.5 Å². The minimum absolute atomic E-state index is 0.0809. The van der Waals surface area contributed by atoms with Gasteiger partial charge in [0.2, 0.25) is 5.91 Å². The second-order valence-corrected chi connectivity index (χ2v) is 10.6. The number of piperazine rings is 1. The zero-order valence-corrected chi connectivity index (χ0v) is 24.4. The molecule has 42 heavy (non-hydrogen) atoms. The van der Waals surface area contributed by atoms with Crippen molar-refractivity contribution in [2.75, 3.05) is 38.2 Å². The van der Waals surface area contributed by atoms with Crippen molar-refractivity contribution in [3.8, 4) is 0 Å². The van der Waals surface area contributed by atoms with E-state index in [1.54, 1.807) is 29.2 Å². The van der Waals surface area contributed by atoms with Gasteiger partial charge in [-0.15, -0.1) is 5.73 Å². The molecule has 2 aliphatic rings. The van der Waals surface area contributed by atoms with Gasteiger partial charge in [0.25, 0.3) is 5.91 Å². The summed E-state index contributed by atoms with van der Waals surface area (Å²) in [5.41, 5.74) is 3.86. The van der Waals surface area contributed by atoms with Crippen molar-refractivity contribution in [1.29, 1.82) is 0 Å². The third kappa shape index (κ3) is 8.72. The van der Waals surface area contributed by atoms with E-state index in [1.165, 1.54) is 0 Å². The van der Waals surface area contributed by atoms with Crippen molar-refractivity contribution in [3.05, 3.63) is 59.6 Å². The highest BCUT2D eigenvalue weighted by molar-refractivity contribution is 6.00. The topological polar surface area (TPSA) is 101 Å². The Hall–Kier alpha value is -4.05. The molecule has 0 radical (unpaired) electrons. The van der Waals surface area contributed by atoms with Crippen LogP contribution in [0.5, 0.6) is 0 Å². The van der Waals surface area contributed by atoms with Crippen LogP contribution in [-0.2, 0) is 4.79 Å². The van der Waals surface area contributed by atoms with Gasteiger partial charge < -0.3 is 25.8 Å². The molecule has 1 aliphatic carbocycles. The fourth-order valence-electron chi connectivity index (χ4n) is 5.06. The van der Waals surface area contributed by atoms with Crippen LogP contribution in [0.15, 0.2) is 64.0 Å². The molecule has 1 aliphatic heterocycles. The third-order valence-electron chi connectivity index (χ3n) is 7.34. The van der Waals surface area contributed by atoms with Crippen LogP contribution in [0.4, 0.5) is 18.9 Å². The first-order valence-corrected chi connectivity index (χ1v) is 14.0. The number of halogens is 3. The maximum absolute atomic E-state index is 13.9. The molecule has 0 spiro atoms. The Labute approximate surface area is 245 Å². The lowest BCUT2D eigenvalue weighted by molar-refractivity contribution is -0.125. The molecule has 3 rings (SSSR count). The number of nitrogens with one attached hydrogen (secondary N) is 3.